The summed E-state index contributed by atoms with van der Waals surface area (Å²) in [5, 5.41) is 13.2. The predicted molar refractivity (Wildman–Crippen MR) is 74.3 cm³/mol. The van der Waals surface area contributed by atoms with E-state index in [0.29, 0.717) is 6.04 Å². The lowest BCUT2D eigenvalue weighted by Gasteiger charge is -2.14. The zero-order chi connectivity index (χ0) is 12.1. The Morgan fingerprint density at radius 2 is 2.35 bits per heavy atom. The lowest BCUT2D eigenvalue weighted by Crippen LogP contribution is -2.15. The van der Waals surface area contributed by atoms with E-state index < -0.39 is 0 Å². The van der Waals surface area contributed by atoms with E-state index in [2.05, 4.69) is 30.1 Å². The van der Waals surface area contributed by atoms with Crippen LogP contribution < -0.4 is 5.32 Å². The highest BCUT2D eigenvalue weighted by Crippen LogP contribution is 2.31. The van der Waals surface area contributed by atoms with Gasteiger partial charge in [-0.05, 0) is 43.2 Å². The number of nitriles is 1. The smallest absolute Gasteiger partial charge is 0.0992 e. The normalized spacial score (nSPS) is 23.3. The molecule has 0 heterocycles. The van der Waals surface area contributed by atoms with Crippen LogP contribution in [0.2, 0.25) is 0 Å². The van der Waals surface area contributed by atoms with Gasteiger partial charge < -0.3 is 5.32 Å². The van der Waals surface area contributed by atoms with Crippen LogP contribution in [-0.2, 0) is 0 Å². The first-order chi connectivity index (χ1) is 8.31. The lowest BCUT2D eigenvalue weighted by molar-refractivity contribution is 0.757. The molecule has 0 bridgehead atoms. The highest BCUT2D eigenvalue weighted by atomic mass is 32.2. The maximum absolute atomic E-state index is 8.85. The molecule has 1 aromatic carbocycles. The van der Waals surface area contributed by atoms with E-state index in [0.717, 1.165) is 16.5 Å². The minimum absolute atomic E-state index is 0.577. The van der Waals surface area contributed by atoms with Gasteiger partial charge in [-0.2, -0.15) is 17.0 Å². The number of hydrogen-bond donors (Lipinski definition) is 1. The Bertz CT molecular complexity index is 411. The summed E-state index contributed by atoms with van der Waals surface area (Å²) in [4.78, 5) is 0. The van der Waals surface area contributed by atoms with Gasteiger partial charge in [0, 0.05) is 17.0 Å². The van der Waals surface area contributed by atoms with Gasteiger partial charge in [-0.25, -0.2) is 0 Å². The Balaban J connectivity index is 1.91. The van der Waals surface area contributed by atoms with Crippen LogP contribution in [0.5, 0.6) is 0 Å². The number of rotatable bonds is 4. The third kappa shape index (κ3) is 3.41. The second-order valence-corrected chi connectivity index (χ2v) is 6.00. The SMILES string of the molecule is CCSC1CCC(Nc2cccc(C#N)c2)C1. The van der Waals surface area contributed by atoms with Crippen LogP contribution in [0.1, 0.15) is 31.7 Å². The molecule has 2 rings (SSSR count). The highest BCUT2D eigenvalue weighted by Gasteiger charge is 2.24. The number of anilines is 1. The van der Waals surface area contributed by atoms with Crippen molar-refractivity contribution in [1.29, 1.82) is 5.26 Å². The second-order valence-electron chi connectivity index (χ2n) is 4.42. The topological polar surface area (TPSA) is 35.8 Å². The van der Waals surface area contributed by atoms with E-state index in [9.17, 15) is 0 Å². The fraction of sp³-hybridized carbons (Fsp3) is 0.500. The molecule has 1 N–H and O–H groups in total. The van der Waals surface area contributed by atoms with Crippen LogP contribution in [-0.4, -0.2) is 17.0 Å². The molecular formula is C14H18N2S. The molecule has 0 radical (unpaired) electrons. The van der Waals surface area contributed by atoms with Crippen LogP contribution in [0.4, 0.5) is 5.69 Å². The van der Waals surface area contributed by atoms with Crippen LogP contribution in [0.25, 0.3) is 0 Å². The van der Waals surface area contributed by atoms with Gasteiger partial charge in [-0.3, -0.25) is 0 Å². The molecule has 2 unspecified atom stereocenters. The molecule has 3 heteroatoms. The maximum Gasteiger partial charge on any atom is 0.0992 e. The monoisotopic (exact) mass is 246 g/mol. The molecule has 0 amide bonds. The van der Waals surface area contributed by atoms with E-state index in [1.54, 1.807) is 0 Å². The van der Waals surface area contributed by atoms with E-state index in [1.807, 2.05) is 24.3 Å². The maximum atomic E-state index is 8.85. The molecule has 90 valence electrons. The summed E-state index contributed by atoms with van der Waals surface area (Å²) in [6.07, 6.45) is 3.80. The first-order valence-electron chi connectivity index (χ1n) is 6.20. The van der Waals surface area contributed by atoms with Crippen molar-refractivity contribution in [3.8, 4) is 6.07 Å². The standard InChI is InChI=1S/C14H18N2S/c1-2-17-14-7-6-13(9-14)16-12-5-3-4-11(8-12)10-15/h3-5,8,13-14,16H,2,6-7,9H2,1H3. The number of benzene rings is 1. The van der Waals surface area contributed by atoms with Crippen LogP contribution in [0.3, 0.4) is 0 Å². The molecule has 17 heavy (non-hydrogen) atoms. The summed E-state index contributed by atoms with van der Waals surface area (Å²) >= 11 is 2.07. The van der Waals surface area contributed by atoms with E-state index in [-0.39, 0.29) is 0 Å². The summed E-state index contributed by atoms with van der Waals surface area (Å²) in [6, 6.07) is 10.5. The average molecular weight is 246 g/mol. The van der Waals surface area contributed by atoms with Gasteiger partial charge in [0.1, 0.15) is 0 Å². The number of nitrogens with zero attached hydrogens (tertiary/aromatic N) is 1. The van der Waals surface area contributed by atoms with Gasteiger partial charge in [0.05, 0.1) is 11.6 Å². The van der Waals surface area contributed by atoms with Crippen molar-refractivity contribution < 1.29 is 0 Å². The minimum atomic E-state index is 0.577. The Morgan fingerprint density at radius 3 is 3.12 bits per heavy atom. The molecule has 0 aliphatic heterocycles. The highest BCUT2D eigenvalue weighted by molar-refractivity contribution is 7.99. The average Bonchev–Trinajstić information content (AvgIpc) is 2.77. The van der Waals surface area contributed by atoms with Gasteiger partial charge >= 0.3 is 0 Å². The number of nitrogens with one attached hydrogen (secondary N) is 1. The molecule has 0 saturated heterocycles. The Morgan fingerprint density at radius 1 is 1.47 bits per heavy atom. The molecule has 1 saturated carbocycles. The van der Waals surface area contributed by atoms with E-state index >= 15 is 0 Å². The quantitative estimate of drug-likeness (QED) is 0.881. The van der Waals surface area contributed by atoms with E-state index in [1.165, 1.54) is 25.0 Å². The van der Waals surface area contributed by atoms with Crippen LogP contribution in [0, 0.1) is 11.3 Å². The summed E-state index contributed by atoms with van der Waals surface area (Å²) in [5.41, 5.74) is 1.81. The molecule has 1 aliphatic rings. The lowest BCUT2D eigenvalue weighted by atomic mass is 10.2. The molecule has 1 fully saturated rings. The first-order valence-corrected chi connectivity index (χ1v) is 7.25. The third-order valence-electron chi connectivity index (χ3n) is 3.15. The first kappa shape index (κ1) is 12.3. The van der Waals surface area contributed by atoms with Crippen LogP contribution >= 0.6 is 11.8 Å². The molecule has 1 aliphatic carbocycles. The summed E-state index contributed by atoms with van der Waals surface area (Å²) in [5.74, 6) is 1.21. The van der Waals surface area contributed by atoms with Gasteiger partial charge in [0.25, 0.3) is 0 Å². The third-order valence-corrected chi connectivity index (χ3v) is 4.38. The van der Waals surface area contributed by atoms with Crippen molar-refractivity contribution in [3.63, 3.8) is 0 Å². The van der Waals surface area contributed by atoms with Crippen molar-refractivity contribution in [2.24, 2.45) is 0 Å². The van der Waals surface area contributed by atoms with Crippen molar-refractivity contribution >= 4 is 17.4 Å². The largest absolute Gasteiger partial charge is 0.382 e. The van der Waals surface area contributed by atoms with Gasteiger partial charge in [0.15, 0.2) is 0 Å². The molecule has 2 atom stereocenters. The van der Waals surface area contributed by atoms with Crippen molar-refractivity contribution in [2.75, 3.05) is 11.1 Å². The van der Waals surface area contributed by atoms with Gasteiger partial charge in [0.2, 0.25) is 0 Å². The molecule has 1 aromatic rings. The summed E-state index contributed by atoms with van der Waals surface area (Å²) < 4.78 is 0. The molecule has 2 nitrogen and oxygen atoms in total. The molecule has 0 spiro atoms. The Labute approximate surface area is 107 Å². The fourth-order valence-electron chi connectivity index (χ4n) is 2.37. The van der Waals surface area contributed by atoms with Gasteiger partial charge in [-0.15, -0.1) is 0 Å². The van der Waals surface area contributed by atoms with Crippen LogP contribution in [0.15, 0.2) is 24.3 Å². The van der Waals surface area contributed by atoms with Crippen molar-refractivity contribution in [3.05, 3.63) is 29.8 Å². The predicted octanol–water partition coefficient (Wildman–Crippen LogP) is 3.64. The van der Waals surface area contributed by atoms with E-state index in [4.69, 9.17) is 5.26 Å². The van der Waals surface area contributed by atoms with Gasteiger partial charge in [-0.1, -0.05) is 13.0 Å². The van der Waals surface area contributed by atoms with Crippen molar-refractivity contribution in [1.82, 2.24) is 0 Å². The Kier molecular flexibility index (Phi) is 4.33. The minimum Gasteiger partial charge on any atom is -0.382 e. The zero-order valence-corrected chi connectivity index (χ0v) is 11.0. The summed E-state index contributed by atoms with van der Waals surface area (Å²) in [7, 11) is 0. The second kappa shape index (κ2) is 5.97. The van der Waals surface area contributed by atoms with Crippen molar-refractivity contribution in [2.45, 2.75) is 37.5 Å². The number of hydrogen-bond acceptors (Lipinski definition) is 3. The molecular weight excluding hydrogens is 228 g/mol. The fourth-order valence-corrected chi connectivity index (χ4v) is 3.52. The number of thioether (sulfide) groups is 1. The molecule has 0 aromatic heterocycles. The zero-order valence-electron chi connectivity index (χ0n) is 10.1. The Hall–Kier alpha value is -1.14. The summed E-state index contributed by atoms with van der Waals surface area (Å²) in [6.45, 7) is 2.22.